The minimum atomic E-state index is -0.491. The number of para-hydroxylation sites is 1. The zero-order valence-electron chi connectivity index (χ0n) is 11.2. The third-order valence-corrected chi connectivity index (χ3v) is 2.81. The quantitative estimate of drug-likeness (QED) is 0.789. The number of carbonyl (C=O) groups excluding carboxylic acids is 1. The fraction of sp³-hybridized carbons (Fsp3) is 0.267. The number of furan rings is 1. The highest BCUT2D eigenvalue weighted by Gasteiger charge is 2.16. The van der Waals surface area contributed by atoms with Crippen molar-refractivity contribution in [2.45, 2.75) is 20.0 Å². The highest BCUT2D eigenvalue weighted by atomic mass is 16.5. The molecule has 1 aromatic carbocycles. The predicted octanol–water partition coefficient (Wildman–Crippen LogP) is 3.51. The lowest BCUT2D eigenvalue weighted by Crippen LogP contribution is -2.03. The maximum atomic E-state index is 11.3. The van der Waals surface area contributed by atoms with Gasteiger partial charge in [0.05, 0.1) is 7.11 Å². The minimum Gasteiger partial charge on any atom is -0.483 e. The van der Waals surface area contributed by atoms with Gasteiger partial charge in [0.1, 0.15) is 11.5 Å². The van der Waals surface area contributed by atoms with Crippen molar-refractivity contribution >= 4 is 5.97 Å². The van der Waals surface area contributed by atoms with Crippen molar-refractivity contribution in [3.8, 4) is 5.75 Å². The van der Waals surface area contributed by atoms with Crippen LogP contribution in [0.15, 0.2) is 40.8 Å². The van der Waals surface area contributed by atoms with E-state index in [-0.39, 0.29) is 11.9 Å². The maximum absolute atomic E-state index is 11.3. The predicted molar refractivity (Wildman–Crippen MR) is 70.3 cm³/mol. The first-order valence-electron chi connectivity index (χ1n) is 6.02. The van der Waals surface area contributed by atoms with Crippen molar-refractivity contribution in [2.24, 2.45) is 0 Å². The van der Waals surface area contributed by atoms with Crippen LogP contribution in [0.3, 0.4) is 0 Å². The zero-order chi connectivity index (χ0) is 13.8. The van der Waals surface area contributed by atoms with E-state index in [4.69, 9.17) is 9.15 Å². The summed E-state index contributed by atoms with van der Waals surface area (Å²) in [7, 11) is 1.32. The van der Waals surface area contributed by atoms with Crippen molar-refractivity contribution in [1.82, 2.24) is 0 Å². The van der Waals surface area contributed by atoms with Gasteiger partial charge in [-0.25, -0.2) is 4.79 Å². The molecule has 0 amide bonds. The van der Waals surface area contributed by atoms with Crippen LogP contribution in [-0.4, -0.2) is 13.1 Å². The molecule has 0 radical (unpaired) electrons. The minimum absolute atomic E-state index is 0.178. The molecular weight excluding hydrogens is 244 g/mol. The SMILES string of the molecule is COC(=O)c1ccc(C(C)Oc2ccccc2C)o1. The maximum Gasteiger partial charge on any atom is 0.373 e. The van der Waals surface area contributed by atoms with Crippen molar-refractivity contribution in [2.75, 3.05) is 7.11 Å². The molecule has 2 rings (SSSR count). The molecule has 0 spiro atoms. The molecule has 4 nitrogen and oxygen atoms in total. The van der Waals surface area contributed by atoms with Crippen molar-refractivity contribution in [3.63, 3.8) is 0 Å². The van der Waals surface area contributed by atoms with E-state index >= 15 is 0 Å². The molecule has 0 N–H and O–H groups in total. The number of methoxy groups -OCH3 is 1. The average Bonchev–Trinajstić information content (AvgIpc) is 2.90. The second kappa shape index (κ2) is 5.61. The van der Waals surface area contributed by atoms with Gasteiger partial charge in [-0.15, -0.1) is 0 Å². The topological polar surface area (TPSA) is 48.7 Å². The molecule has 0 bridgehead atoms. The van der Waals surface area contributed by atoms with E-state index in [9.17, 15) is 4.79 Å². The molecule has 100 valence electrons. The van der Waals surface area contributed by atoms with E-state index in [1.54, 1.807) is 12.1 Å². The summed E-state index contributed by atoms with van der Waals surface area (Å²) in [5.74, 6) is 1.07. The average molecular weight is 260 g/mol. The normalized spacial score (nSPS) is 11.9. The Balaban J connectivity index is 2.12. The van der Waals surface area contributed by atoms with Crippen molar-refractivity contribution in [3.05, 3.63) is 53.5 Å². The van der Waals surface area contributed by atoms with E-state index in [1.807, 2.05) is 38.1 Å². The van der Waals surface area contributed by atoms with Crippen LogP contribution in [0.1, 0.15) is 34.9 Å². The number of hydrogen-bond acceptors (Lipinski definition) is 4. The number of rotatable bonds is 4. The van der Waals surface area contributed by atoms with Crippen LogP contribution < -0.4 is 4.74 Å². The molecule has 4 heteroatoms. The molecule has 0 aliphatic rings. The van der Waals surface area contributed by atoms with E-state index in [2.05, 4.69) is 4.74 Å². The lowest BCUT2D eigenvalue weighted by atomic mass is 10.2. The van der Waals surface area contributed by atoms with Gasteiger partial charge in [0.15, 0.2) is 6.10 Å². The molecule has 0 aliphatic carbocycles. The summed E-state index contributed by atoms with van der Waals surface area (Å²) in [4.78, 5) is 11.3. The molecule has 0 aliphatic heterocycles. The number of benzene rings is 1. The first kappa shape index (κ1) is 13.2. The highest BCUT2D eigenvalue weighted by Crippen LogP contribution is 2.25. The van der Waals surface area contributed by atoms with Crippen molar-refractivity contribution < 1.29 is 18.7 Å². The fourth-order valence-electron chi connectivity index (χ4n) is 1.72. The Bertz CT molecular complexity index is 571. The smallest absolute Gasteiger partial charge is 0.373 e. The fourth-order valence-corrected chi connectivity index (χ4v) is 1.72. The Morgan fingerprint density at radius 3 is 2.63 bits per heavy atom. The van der Waals surface area contributed by atoms with Crippen LogP contribution in [-0.2, 0) is 4.74 Å². The molecule has 2 aromatic rings. The van der Waals surface area contributed by atoms with Crippen LogP contribution >= 0.6 is 0 Å². The van der Waals surface area contributed by atoms with Gasteiger partial charge < -0.3 is 13.9 Å². The Hall–Kier alpha value is -2.23. The number of hydrogen-bond donors (Lipinski definition) is 0. The summed E-state index contributed by atoms with van der Waals surface area (Å²) in [6.45, 7) is 3.84. The van der Waals surface area contributed by atoms with Crippen molar-refractivity contribution in [1.29, 1.82) is 0 Å². The Morgan fingerprint density at radius 1 is 1.21 bits per heavy atom. The van der Waals surface area contributed by atoms with Gasteiger partial charge in [0.25, 0.3) is 0 Å². The molecule has 1 atom stereocenters. The van der Waals surface area contributed by atoms with E-state index in [0.29, 0.717) is 5.76 Å². The third kappa shape index (κ3) is 2.96. The summed E-state index contributed by atoms with van der Waals surface area (Å²) in [5.41, 5.74) is 1.05. The summed E-state index contributed by atoms with van der Waals surface area (Å²) in [5, 5.41) is 0. The summed E-state index contributed by atoms with van der Waals surface area (Å²) in [6, 6.07) is 11.0. The first-order valence-corrected chi connectivity index (χ1v) is 6.02. The van der Waals surface area contributed by atoms with Crippen LogP contribution in [0.2, 0.25) is 0 Å². The monoisotopic (exact) mass is 260 g/mol. The molecule has 1 unspecified atom stereocenters. The summed E-state index contributed by atoms with van der Waals surface area (Å²) < 4.78 is 15.8. The number of ether oxygens (including phenoxy) is 2. The molecule has 1 heterocycles. The van der Waals surface area contributed by atoms with E-state index in [0.717, 1.165) is 11.3 Å². The number of esters is 1. The summed E-state index contributed by atoms with van der Waals surface area (Å²) >= 11 is 0. The number of carbonyl (C=O) groups is 1. The Labute approximate surface area is 111 Å². The lowest BCUT2D eigenvalue weighted by Gasteiger charge is -2.14. The number of aryl methyl sites for hydroxylation is 1. The van der Waals surface area contributed by atoms with Crippen LogP contribution in [0.4, 0.5) is 0 Å². The molecule has 19 heavy (non-hydrogen) atoms. The van der Waals surface area contributed by atoms with Gasteiger partial charge in [0, 0.05) is 0 Å². The third-order valence-electron chi connectivity index (χ3n) is 2.81. The molecule has 0 saturated heterocycles. The van der Waals surface area contributed by atoms with Crippen LogP contribution in [0.25, 0.3) is 0 Å². The standard InChI is InChI=1S/C15H16O4/c1-10-6-4-5-7-12(10)18-11(2)13-8-9-14(19-13)15(16)17-3/h4-9,11H,1-3H3. The molecular formula is C15H16O4. The molecule has 0 saturated carbocycles. The van der Waals surface area contributed by atoms with E-state index < -0.39 is 5.97 Å². The molecule has 0 fully saturated rings. The van der Waals surface area contributed by atoms with Gasteiger partial charge in [-0.2, -0.15) is 0 Å². The van der Waals surface area contributed by atoms with Gasteiger partial charge >= 0.3 is 5.97 Å². The Kier molecular flexibility index (Phi) is 3.90. The van der Waals surface area contributed by atoms with Gasteiger partial charge in [-0.1, -0.05) is 18.2 Å². The van der Waals surface area contributed by atoms with Crippen LogP contribution in [0, 0.1) is 6.92 Å². The molecule has 1 aromatic heterocycles. The largest absolute Gasteiger partial charge is 0.483 e. The van der Waals surface area contributed by atoms with E-state index in [1.165, 1.54) is 7.11 Å². The highest BCUT2D eigenvalue weighted by molar-refractivity contribution is 5.86. The van der Waals surface area contributed by atoms with Gasteiger partial charge in [0.2, 0.25) is 5.76 Å². The van der Waals surface area contributed by atoms with Crippen LogP contribution in [0.5, 0.6) is 5.75 Å². The second-order valence-corrected chi connectivity index (χ2v) is 4.22. The van der Waals surface area contributed by atoms with Gasteiger partial charge in [-0.3, -0.25) is 0 Å². The second-order valence-electron chi connectivity index (χ2n) is 4.22. The summed E-state index contributed by atoms with van der Waals surface area (Å²) in [6.07, 6.45) is -0.278. The Morgan fingerprint density at radius 2 is 1.95 bits per heavy atom. The zero-order valence-corrected chi connectivity index (χ0v) is 11.2. The van der Waals surface area contributed by atoms with Gasteiger partial charge in [-0.05, 0) is 37.6 Å². The lowest BCUT2D eigenvalue weighted by molar-refractivity contribution is 0.0558. The first-order chi connectivity index (χ1) is 9.11.